The second-order valence-corrected chi connectivity index (χ2v) is 9.61. The van der Waals surface area contributed by atoms with Gasteiger partial charge in [-0.25, -0.2) is 12.7 Å². The van der Waals surface area contributed by atoms with Crippen molar-refractivity contribution in [1.82, 2.24) is 9.21 Å². The van der Waals surface area contributed by atoms with Crippen LogP contribution in [0.15, 0.2) is 47.4 Å². The molecule has 0 aliphatic carbocycles. The molecule has 1 aliphatic heterocycles. The molecule has 28 heavy (non-hydrogen) atoms. The summed E-state index contributed by atoms with van der Waals surface area (Å²) < 4.78 is 25.9. The van der Waals surface area contributed by atoms with Crippen molar-refractivity contribution in [1.29, 1.82) is 0 Å². The maximum Gasteiger partial charge on any atom is 0.244 e. The van der Waals surface area contributed by atoms with Gasteiger partial charge in [-0.1, -0.05) is 35.9 Å². The van der Waals surface area contributed by atoms with Crippen LogP contribution in [0.2, 0.25) is 5.02 Å². The minimum absolute atomic E-state index is 0.0310. The van der Waals surface area contributed by atoms with Gasteiger partial charge in [-0.2, -0.15) is 0 Å². The molecule has 0 bridgehead atoms. The van der Waals surface area contributed by atoms with Crippen LogP contribution in [-0.4, -0.2) is 50.2 Å². The summed E-state index contributed by atoms with van der Waals surface area (Å²) >= 11 is 6.07. The van der Waals surface area contributed by atoms with Gasteiger partial charge in [0.15, 0.2) is 0 Å². The third-order valence-electron chi connectivity index (χ3n) is 5.04. The van der Waals surface area contributed by atoms with Crippen LogP contribution in [0.5, 0.6) is 0 Å². The third kappa shape index (κ3) is 4.22. The summed E-state index contributed by atoms with van der Waals surface area (Å²) in [7, 11) is -0.825. The number of halogens is 1. The van der Waals surface area contributed by atoms with E-state index in [9.17, 15) is 13.2 Å². The molecule has 0 saturated carbocycles. The molecule has 0 fully saturated rings. The van der Waals surface area contributed by atoms with E-state index in [1.807, 2.05) is 19.1 Å². The van der Waals surface area contributed by atoms with Gasteiger partial charge in [0.25, 0.3) is 0 Å². The van der Waals surface area contributed by atoms with Crippen LogP contribution in [0.3, 0.4) is 0 Å². The number of rotatable bonds is 5. The number of hydrogen-bond donors (Lipinski definition) is 1. The van der Waals surface area contributed by atoms with Gasteiger partial charge >= 0.3 is 0 Å². The molecule has 1 heterocycles. The van der Waals surface area contributed by atoms with Crippen molar-refractivity contribution in [2.45, 2.75) is 30.8 Å². The Morgan fingerprint density at radius 2 is 1.86 bits per heavy atom. The molecule has 0 radical (unpaired) electrons. The lowest BCUT2D eigenvalue weighted by Crippen LogP contribution is -2.44. The molecule has 1 amide bonds. The Morgan fingerprint density at radius 3 is 2.54 bits per heavy atom. The summed E-state index contributed by atoms with van der Waals surface area (Å²) in [6, 6.07) is 12.4. The maximum absolute atomic E-state index is 12.8. The normalized spacial score (nSPS) is 15.9. The molecule has 0 spiro atoms. The summed E-state index contributed by atoms with van der Waals surface area (Å²) in [6.07, 6.45) is 0.903. The summed E-state index contributed by atoms with van der Waals surface area (Å²) in [6.45, 7) is 3.37. The molecule has 0 aromatic heterocycles. The Morgan fingerprint density at radius 1 is 1.18 bits per heavy atom. The molecule has 3 rings (SSSR count). The number of carbonyl (C=O) groups excluding carboxylic acids is 1. The first-order chi connectivity index (χ1) is 13.2. The highest BCUT2D eigenvalue weighted by atomic mass is 35.5. The topological polar surface area (TPSA) is 69.7 Å². The Labute approximate surface area is 171 Å². The molecular weight excluding hydrogens is 398 g/mol. The zero-order valence-electron chi connectivity index (χ0n) is 16.1. The van der Waals surface area contributed by atoms with Gasteiger partial charge in [-0.3, -0.25) is 9.69 Å². The first-order valence-electron chi connectivity index (χ1n) is 9.04. The van der Waals surface area contributed by atoms with Gasteiger partial charge in [-0.15, -0.1) is 0 Å². The lowest BCUT2D eigenvalue weighted by atomic mass is 9.99. The molecule has 0 saturated heterocycles. The van der Waals surface area contributed by atoms with E-state index in [4.69, 9.17) is 11.6 Å². The molecule has 6 nitrogen and oxygen atoms in total. The van der Waals surface area contributed by atoms with Crippen LogP contribution in [0.25, 0.3) is 0 Å². The summed E-state index contributed by atoms with van der Waals surface area (Å²) in [4.78, 5) is 14.8. The van der Waals surface area contributed by atoms with E-state index in [0.29, 0.717) is 12.2 Å². The molecular formula is C20H24ClN3O3S. The van der Waals surface area contributed by atoms with Crippen LogP contribution in [0.4, 0.5) is 5.69 Å². The number of anilines is 1. The summed E-state index contributed by atoms with van der Waals surface area (Å²) in [5.74, 6) is -0.185. The van der Waals surface area contributed by atoms with Crippen molar-refractivity contribution in [3.8, 4) is 0 Å². The number of sulfonamides is 1. The van der Waals surface area contributed by atoms with Crippen molar-refractivity contribution in [3.63, 3.8) is 0 Å². The number of fused-ring (bicyclic) bond motifs is 1. The Bertz CT molecular complexity index is 992. The second-order valence-electron chi connectivity index (χ2n) is 7.09. The van der Waals surface area contributed by atoms with Gasteiger partial charge in [0.05, 0.1) is 11.1 Å². The Hall–Kier alpha value is -1.93. The monoisotopic (exact) mass is 421 g/mol. The van der Waals surface area contributed by atoms with E-state index in [-0.39, 0.29) is 21.9 Å². The van der Waals surface area contributed by atoms with Crippen molar-refractivity contribution in [2.75, 3.05) is 26.0 Å². The fraction of sp³-hybridized carbons (Fsp3) is 0.350. The first kappa shape index (κ1) is 20.8. The fourth-order valence-electron chi connectivity index (χ4n) is 3.24. The maximum atomic E-state index is 12.8. The number of benzene rings is 2. The van der Waals surface area contributed by atoms with Crippen molar-refractivity contribution in [2.24, 2.45) is 0 Å². The molecule has 1 N–H and O–H groups in total. The largest absolute Gasteiger partial charge is 0.325 e. The van der Waals surface area contributed by atoms with Crippen molar-refractivity contribution >= 4 is 33.2 Å². The van der Waals surface area contributed by atoms with E-state index in [1.165, 1.54) is 37.4 Å². The van der Waals surface area contributed by atoms with E-state index in [0.717, 1.165) is 17.3 Å². The predicted molar refractivity (Wildman–Crippen MR) is 111 cm³/mol. The predicted octanol–water partition coefficient (Wildman–Crippen LogP) is 2.98. The standard InChI is InChI=1S/C20H24ClN3O3S/c1-14(24-11-10-15-6-4-5-7-16(15)13-24)20(25)22-17-8-9-18(21)19(12-17)28(26,27)23(2)3/h4-9,12,14H,10-11,13H2,1-3H3,(H,22,25). The number of nitrogens with one attached hydrogen (secondary N) is 1. The summed E-state index contributed by atoms with van der Waals surface area (Å²) in [5, 5.41) is 2.94. The van der Waals surface area contributed by atoms with Gasteiger partial charge in [0.1, 0.15) is 4.90 Å². The highest BCUT2D eigenvalue weighted by Crippen LogP contribution is 2.27. The molecule has 1 aliphatic rings. The molecule has 1 unspecified atom stereocenters. The van der Waals surface area contributed by atoms with Crippen LogP contribution in [-0.2, 0) is 27.8 Å². The molecule has 150 valence electrons. The number of nitrogens with zero attached hydrogens (tertiary/aromatic N) is 2. The fourth-order valence-corrected chi connectivity index (χ4v) is 4.63. The van der Waals surface area contributed by atoms with E-state index in [2.05, 4.69) is 22.3 Å². The number of hydrogen-bond acceptors (Lipinski definition) is 4. The van der Waals surface area contributed by atoms with Gasteiger partial charge in [0, 0.05) is 32.9 Å². The van der Waals surface area contributed by atoms with Gasteiger partial charge < -0.3 is 5.32 Å². The Kier molecular flexibility index (Phi) is 6.09. The molecule has 2 aromatic rings. The van der Waals surface area contributed by atoms with Crippen molar-refractivity contribution < 1.29 is 13.2 Å². The second kappa shape index (κ2) is 8.21. The lowest BCUT2D eigenvalue weighted by Gasteiger charge is -2.32. The number of carbonyl (C=O) groups is 1. The van der Waals surface area contributed by atoms with Gasteiger partial charge in [0.2, 0.25) is 15.9 Å². The third-order valence-corrected chi connectivity index (χ3v) is 7.34. The van der Waals surface area contributed by atoms with E-state index >= 15 is 0 Å². The highest BCUT2D eigenvalue weighted by Gasteiger charge is 2.26. The van der Waals surface area contributed by atoms with Gasteiger partial charge in [-0.05, 0) is 42.7 Å². The quantitative estimate of drug-likeness (QED) is 0.805. The minimum Gasteiger partial charge on any atom is -0.325 e. The lowest BCUT2D eigenvalue weighted by molar-refractivity contribution is -0.121. The van der Waals surface area contributed by atoms with Crippen LogP contribution in [0.1, 0.15) is 18.1 Å². The molecule has 8 heteroatoms. The Balaban J connectivity index is 1.75. The van der Waals surface area contributed by atoms with Crippen LogP contribution >= 0.6 is 11.6 Å². The highest BCUT2D eigenvalue weighted by molar-refractivity contribution is 7.89. The van der Waals surface area contributed by atoms with Crippen LogP contribution < -0.4 is 5.32 Å². The molecule has 1 atom stereocenters. The SMILES string of the molecule is CC(C(=O)Nc1ccc(Cl)c(S(=O)(=O)N(C)C)c1)N1CCc2ccccc2C1. The average molecular weight is 422 g/mol. The first-order valence-corrected chi connectivity index (χ1v) is 10.9. The minimum atomic E-state index is -3.70. The molecule has 2 aromatic carbocycles. The van der Waals surface area contributed by atoms with Crippen LogP contribution in [0, 0.1) is 0 Å². The van der Waals surface area contributed by atoms with Crippen molar-refractivity contribution in [3.05, 3.63) is 58.6 Å². The zero-order chi connectivity index (χ0) is 20.5. The van der Waals surface area contributed by atoms with E-state index in [1.54, 1.807) is 6.07 Å². The van der Waals surface area contributed by atoms with E-state index < -0.39 is 10.0 Å². The number of amides is 1. The smallest absolute Gasteiger partial charge is 0.244 e. The average Bonchev–Trinajstić information content (AvgIpc) is 2.68. The summed E-state index contributed by atoms with van der Waals surface area (Å²) in [5.41, 5.74) is 2.96. The zero-order valence-corrected chi connectivity index (χ0v) is 17.7.